The van der Waals surface area contributed by atoms with E-state index in [4.69, 9.17) is 11.6 Å². The minimum Gasteiger partial charge on any atom is -0.330 e. The molecule has 2 aliphatic rings. The molecule has 0 N–H and O–H groups in total. The van der Waals surface area contributed by atoms with Crippen molar-refractivity contribution in [3.8, 4) is 0 Å². The average Bonchev–Trinajstić information content (AvgIpc) is 3.17. The fourth-order valence-electron chi connectivity index (χ4n) is 4.33. The monoisotopic (exact) mass is 394 g/mol. The molecule has 0 radical (unpaired) electrons. The third kappa shape index (κ3) is 4.31. The number of amides is 1. The van der Waals surface area contributed by atoms with Gasteiger partial charge in [0.25, 0.3) is 0 Å². The first-order chi connectivity index (χ1) is 13.7. The number of likely N-dealkylation sites (tertiary alicyclic amines) is 1. The van der Waals surface area contributed by atoms with Crippen LogP contribution in [-0.4, -0.2) is 41.9 Å². The Balaban J connectivity index is 1.64. The van der Waals surface area contributed by atoms with Crippen LogP contribution in [-0.2, 0) is 4.79 Å². The molecule has 0 spiro atoms. The van der Waals surface area contributed by atoms with Crippen molar-refractivity contribution in [2.24, 2.45) is 0 Å². The molecule has 1 saturated heterocycles. The molecule has 0 bridgehead atoms. The summed E-state index contributed by atoms with van der Waals surface area (Å²) in [5, 5.41) is 0.702. The third-order valence-electron chi connectivity index (χ3n) is 5.88. The van der Waals surface area contributed by atoms with E-state index in [0.717, 1.165) is 31.6 Å². The molecule has 0 aliphatic carbocycles. The SMILES string of the molecule is O=C1C(c2ccc(Cl)cc2)CC=CCN1[C@H](CN1CCCC1)c1ccccc1. The van der Waals surface area contributed by atoms with Crippen molar-refractivity contribution in [2.75, 3.05) is 26.2 Å². The number of allylic oxidation sites excluding steroid dienone is 1. The Hall–Kier alpha value is -2.10. The zero-order chi connectivity index (χ0) is 19.3. The van der Waals surface area contributed by atoms with Gasteiger partial charge in [0, 0.05) is 18.1 Å². The Kier molecular flexibility index (Phi) is 6.13. The summed E-state index contributed by atoms with van der Waals surface area (Å²) in [6, 6.07) is 18.3. The zero-order valence-corrected chi connectivity index (χ0v) is 16.9. The van der Waals surface area contributed by atoms with E-state index in [1.54, 1.807) is 0 Å². The van der Waals surface area contributed by atoms with Gasteiger partial charge in [-0.3, -0.25) is 4.79 Å². The third-order valence-corrected chi connectivity index (χ3v) is 6.14. The highest BCUT2D eigenvalue weighted by atomic mass is 35.5. The molecule has 2 aliphatic heterocycles. The van der Waals surface area contributed by atoms with Gasteiger partial charge in [0.2, 0.25) is 5.91 Å². The largest absolute Gasteiger partial charge is 0.330 e. The van der Waals surface area contributed by atoms with Crippen molar-refractivity contribution in [3.63, 3.8) is 0 Å². The van der Waals surface area contributed by atoms with Crippen molar-refractivity contribution in [3.05, 3.63) is 82.9 Å². The fraction of sp³-hybridized carbons (Fsp3) is 0.375. The summed E-state index contributed by atoms with van der Waals surface area (Å²) in [7, 11) is 0. The van der Waals surface area contributed by atoms with Crippen LogP contribution in [0.1, 0.15) is 42.3 Å². The topological polar surface area (TPSA) is 23.6 Å². The zero-order valence-electron chi connectivity index (χ0n) is 16.1. The Morgan fingerprint density at radius 1 is 0.964 bits per heavy atom. The first kappa shape index (κ1) is 19.2. The van der Waals surface area contributed by atoms with Gasteiger partial charge in [-0.1, -0.05) is 66.2 Å². The molecule has 0 saturated carbocycles. The molecule has 4 heteroatoms. The van der Waals surface area contributed by atoms with Gasteiger partial charge < -0.3 is 9.80 Å². The first-order valence-electron chi connectivity index (χ1n) is 10.2. The molecule has 0 aromatic heterocycles. The lowest BCUT2D eigenvalue weighted by atomic mass is 9.93. The van der Waals surface area contributed by atoms with E-state index in [0.29, 0.717) is 11.6 Å². The van der Waals surface area contributed by atoms with Crippen LogP contribution in [0, 0.1) is 0 Å². The van der Waals surface area contributed by atoms with Gasteiger partial charge >= 0.3 is 0 Å². The van der Waals surface area contributed by atoms with E-state index >= 15 is 0 Å². The maximum atomic E-state index is 13.7. The smallest absolute Gasteiger partial charge is 0.231 e. The van der Waals surface area contributed by atoms with Crippen molar-refractivity contribution in [1.29, 1.82) is 0 Å². The molecule has 2 aromatic rings. The molecule has 146 valence electrons. The molecular formula is C24H27ClN2O. The van der Waals surface area contributed by atoms with E-state index in [9.17, 15) is 4.79 Å². The number of nitrogens with zero attached hydrogens (tertiary/aromatic N) is 2. The Labute approximate surface area is 172 Å². The number of benzene rings is 2. The molecule has 1 unspecified atom stereocenters. The maximum Gasteiger partial charge on any atom is 0.231 e. The number of rotatable bonds is 5. The van der Waals surface area contributed by atoms with E-state index in [2.05, 4.69) is 46.2 Å². The van der Waals surface area contributed by atoms with Crippen LogP contribution in [0.5, 0.6) is 0 Å². The Morgan fingerprint density at radius 2 is 1.68 bits per heavy atom. The van der Waals surface area contributed by atoms with E-state index in [1.807, 2.05) is 30.3 Å². The highest BCUT2D eigenvalue weighted by molar-refractivity contribution is 6.30. The summed E-state index contributed by atoms with van der Waals surface area (Å²) in [5.74, 6) is 0.0566. The number of halogens is 1. The van der Waals surface area contributed by atoms with Gasteiger partial charge in [0.1, 0.15) is 0 Å². The summed E-state index contributed by atoms with van der Waals surface area (Å²) in [5.41, 5.74) is 2.26. The second-order valence-corrected chi connectivity index (χ2v) is 8.17. The summed E-state index contributed by atoms with van der Waals surface area (Å²) in [4.78, 5) is 18.2. The van der Waals surface area contributed by atoms with E-state index in [-0.39, 0.29) is 17.9 Å². The predicted molar refractivity (Wildman–Crippen MR) is 115 cm³/mol. The number of carbonyl (C=O) groups excluding carboxylic acids is 1. The minimum absolute atomic E-state index is 0.0735. The highest BCUT2D eigenvalue weighted by Gasteiger charge is 2.33. The Bertz CT molecular complexity index is 812. The summed E-state index contributed by atoms with van der Waals surface area (Å²) < 4.78 is 0. The lowest BCUT2D eigenvalue weighted by Crippen LogP contribution is -2.42. The van der Waals surface area contributed by atoms with Gasteiger partial charge in [-0.05, 0) is 55.6 Å². The number of hydrogen-bond acceptors (Lipinski definition) is 2. The molecule has 2 heterocycles. The first-order valence-corrected chi connectivity index (χ1v) is 10.6. The van der Waals surface area contributed by atoms with Gasteiger partial charge in [-0.2, -0.15) is 0 Å². The minimum atomic E-state index is -0.152. The lowest BCUT2D eigenvalue weighted by Gasteiger charge is -2.35. The van der Waals surface area contributed by atoms with E-state index in [1.165, 1.54) is 18.4 Å². The molecule has 2 atom stereocenters. The van der Waals surface area contributed by atoms with Gasteiger partial charge in [0.15, 0.2) is 0 Å². The van der Waals surface area contributed by atoms with Crippen LogP contribution in [0.4, 0.5) is 0 Å². The second kappa shape index (κ2) is 8.93. The summed E-state index contributed by atoms with van der Waals surface area (Å²) in [6.45, 7) is 3.82. The molecule has 4 rings (SSSR count). The van der Waals surface area contributed by atoms with Crippen LogP contribution < -0.4 is 0 Å². The lowest BCUT2D eigenvalue weighted by molar-refractivity contribution is -0.134. The Morgan fingerprint density at radius 3 is 2.39 bits per heavy atom. The molecule has 28 heavy (non-hydrogen) atoms. The highest BCUT2D eigenvalue weighted by Crippen LogP contribution is 2.32. The standard InChI is InChI=1S/C24H27ClN2O/c25-21-13-11-19(12-14-21)22-10-4-5-17-27(24(22)28)23(18-26-15-6-7-16-26)20-8-2-1-3-9-20/h1-5,8-9,11-14,22-23H,6-7,10,15-18H2/t22?,23-/m1/s1. The van der Waals surface area contributed by atoms with Gasteiger partial charge in [0.05, 0.1) is 12.0 Å². The van der Waals surface area contributed by atoms with Crippen molar-refractivity contribution >= 4 is 17.5 Å². The molecule has 3 nitrogen and oxygen atoms in total. The van der Waals surface area contributed by atoms with Crippen LogP contribution >= 0.6 is 11.6 Å². The van der Waals surface area contributed by atoms with Gasteiger partial charge in [-0.25, -0.2) is 0 Å². The quantitative estimate of drug-likeness (QED) is 0.662. The molecular weight excluding hydrogens is 368 g/mol. The molecule has 2 aromatic carbocycles. The maximum absolute atomic E-state index is 13.7. The van der Waals surface area contributed by atoms with Gasteiger partial charge in [-0.15, -0.1) is 0 Å². The average molecular weight is 395 g/mol. The van der Waals surface area contributed by atoms with Crippen LogP contribution in [0.15, 0.2) is 66.7 Å². The summed E-state index contributed by atoms with van der Waals surface area (Å²) >= 11 is 6.06. The van der Waals surface area contributed by atoms with Crippen molar-refractivity contribution in [1.82, 2.24) is 9.80 Å². The van der Waals surface area contributed by atoms with Crippen LogP contribution in [0.2, 0.25) is 5.02 Å². The van der Waals surface area contributed by atoms with Crippen molar-refractivity contribution in [2.45, 2.75) is 31.2 Å². The molecule has 1 amide bonds. The molecule has 1 fully saturated rings. The van der Waals surface area contributed by atoms with Crippen LogP contribution in [0.3, 0.4) is 0 Å². The van der Waals surface area contributed by atoms with Crippen LogP contribution in [0.25, 0.3) is 0 Å². The normalized spacial score (nSPS) is 21.7. The van der Waals surface area contributed by atoms with Crippen molar-refractivity contribution < 1.29 is 4.79 Å². The summed E-state index contributed by atoms with van der Waals surface area (Å²) in [6.07, 6.45) is 7.54. The van der Waals surface area contributed by atoms with E-state index < -0.39 is 0 Å². The number of hydrogen-bond donors (Lipinski definition) is 0. The fourth-order valence-corrected chi connectivity index (χ4v) is 4.46. The number of carbonyl (C=O) groups is 1. The predicted octanol–water partition coefficient (Wildman–Crippen LogP) is 5.05. The second-order valence-electron chi connectivity index (χ2n) is 7.74.